The topological polar surface area (TPSA) is 40.5 Å². The van der Waals surface area contributed by atoms with Crippen LogP contribution in [0.2, 0.25) is 0 Å². The van der Waals surface area contributed by atoms with Gasteiger partial charge < -0.3 is 10.2 Å². The van der Waals surface area contributed by atoms with E-state index < -0.39 is 0 Å². The van der Waals surface area contributed by atoms with Crippen LogP contribution in [0.3, 0.4) is 0 Å². The van der Waals surface area contributed by atoms with Crippen LogP contribution in [0, 0.1) is 11.8 Å². The molecule has 0 aromatic carbocycles. The average Bonchev–Trinajstić information content (AvgIpc) is 2.49. The molecule has 0 aromatic heterocycles. The molecule has 0 aliphatic rings. The van der Waals surface area contributed by atoms with Gasteiger partial charge in [-0.3, -0.25) is 0 Å². The second-order valence-corrected chi connectivity index (χ2v) is 7.67. The Labute approximate surface area is 139 Å². The Morgan fingerprint density at radius 3 is 1.45 bits per heavy atom. The lowest BCUT2D eigenvalue weighted by molar-refractivity contribution is 0.147. The molecule has 2 atom stereocenters. The van der Waals surface area contributed by atoms with Gasteiger partial charge in [-0.05, 0) is 31.1 Å². The summed E-state index contributed by atoms with van der Waals surface area (Å²) < 4.78 is 0. The van der Waals surface area contributed by atoms with Crippen LogP contribution in [0.1, 0.15) is 104 Å². The van der Waals surface area contributed by atoms with Crippen LogP contribution in [-0.2, 0) is 0 Å². The number of hydrogen-bond acceptors (Lipinski definition) is 2. The van der Waals surface area contributed by atoms with Gasteiger partial charge in [0.2, 0.25) is 0 Å². The van der Waals surface area contributed by atoms with E-state index in [1.165, 1.54) is 57.8 Å². The maximum Gasteiger partial charge on any atom is 0.0540 e. The smallest absolute Gasteiger partial charge is 0.0540 e. The predicted molar refractivity (Wildman–Crippen MR) is 97.1 cm³/mol. The van der Waals surface area contributed by atoms with Crippen molar-refractivity contribution in [3.63, 3.8) is 0 Å². The summed E-state index contributed by atoms with van der Waals surface area (Å²) in [7, 11) is 0. The summed E-state index contributed by atoms with van der Waals surface area (Å²) in [6.45, 7) is 7.01. The van der Waals surface area contributed by atoms with E-state index in [1.54, 1.807) is 0 Å². The van der Waals surface area contributed by atoms with E-state index in [0.29, 0.717) is 12.5 Å². The van der Waals surface area contributed by atoms with Gasteiger partial charge in [0.15, 0.2) is 0 Å². The van der Waals surface area contributed by atoms with Crippen molar-refractivity contribution in [2.24, 2.45) is 11.8 Å². The van der Waals surface area contributed by atoms with Gasteiger partial charge in [0.25, 0.3) is 0 Å². The van der Waals surface area contributed by atoms with Crippen molar-refractivity contribution in [2.45, 2.75) is 110 Å². The van der Waals surface area contributed by atoms with E-state index in [0.717, 1.165) is 31.6 Å². The quantitative estimate of drug-likeness (QED) is 0.359. The second kappa shape index (κ2) is 15.8. The molecule has 0 bridgehead atoms. The highest BCUT2D eigenvalue weighted by molar-refractivity contribution is 4.58. The van der Waals surface area contributed by atoms with Gasteiger partial charge in [0.1, 0.15) is 0 Å². The monoisotopic (exact) mass is 314 g/mol. The van der Waals surface area contributed by atoms with Gasteiger partial charge in [-0.15, -0.1) is 0 Å². The average molecular weight is 315 g/mol. The summed E-state index contributed by atoms with van der Waals surface area (Å²) in [6, 6.07) is 0. The van der Waals surface area contributed by atoms with Gasteiger partial charge in [-0.1, -0.05) is 85.0 Å². The molecular formula is C20H42O2. The number of rotatable bonds is 16. The number of hydrogen-bond donors (Lipinski definition) is 2. The van der Waals surface area contributed by atoms with Gasteiger partial charge in [-0.2, -0.15) is 0 Å². The van der Waals surface area contributed by atoms with E-state index >= 15 is 0 Å². The highest BCUT2D eigenvalue weighted by Crippen LogP contribution is 2.15. The Morgan fingerprint density at radius 1 is 0.591 bits per heavy atom. The molecule has 0 saturated carbocycles. The summed E-state index contributed by atoms with van der Waals surface area (Å²) in [5.74, 6) is 1.29. The SMILES string of the molecule is CC(C)CCCCCCCC(O)CCCCCCC(C)CO. The Kier molecular flexibility index (Phi) is 15.7. The van der Waals surface area contributed by atoms with Gasteiger partial charge in [0, 0.05) is 6.61 Å². The fourth-order valence-electron chi connectivity index (χ4n) is 2.92. The van der Waals surface area contributed by atoms with Crippen molar-refractivity contribution in [3.8, 4) is 0 Å². The molecule has 0 aliphatic heterocycles. The van der Waals surface area contributed by atoms with Crippen molar-refractivity contribution in [3.05, 3.63) is 0 Å². The molecule has 2 unspecified atom stereocenters. The van der Waals surface area contributed by atoms with E-state index in [9.17, 15) is 5.11 Å². The minimum atomic E-state index is -0.0768. The minimum Gasteiger partial charge on any atom is -0.396 e. The van der Waals surface area contributed by atoms with Crippen LogP contribution in [-0.4, -0.2) is 22.9 Å². The van der Waals surface area contributed by atoms with E-state index in [1.807, 2.05) is 0 Å². The highest BCUT2D eigenvalue weighted by Gasteiger charge is 2.04. The molecule has 0 heterocycles. The molecule has 134 valence electrons. The van der Waals surface area contributed by atoms with Crippen molar-refractivity contribution in [1.82, 2.24) is 0 Å². The predicted octanol–water partition coefficient (Wildman–Crippen LogP) is 5.70. The number of unbranched alkanes of at least 4 members (excludes halogenated alkanes) is 7. The Hall–Kier alpha value is -0.0800. The molecule has 0 aromatic rings. The Morgan fingerprint density at radius 2 is 1.00 bits per heavy atom. The minimum absolute atomic E-state index is 0.0768. The van der Waals surface area contributed by atoms with Crippen molar-refractivity contribution in [2.75, 3.05) is 6.61 Å². The van der Waals surface area contributed by atoms with Crippen LogP contribution in [0.5, 0.6) is 0 Å². The molecule has 22 heavy (non-hydrogen) atoms. The lowest BCUT2D eigenvalue weighted by atomic mass is 10.00. The summed E-state index contributed by atoms with van der Waals surface area (Å²) >= 11 is 0. The highest BCUT2D eigenvalue weighted by atomic mass is 16.3. The second-order valence-electron chi connectivity index (χ2n) is 7.67. The zero-order chi connectivity index (χ0) is 16.6. The largest absolute Gasteiger partial charge is 0.396 e. The van der Waals surface area contributed by atoms with Crippen LogP contribution in [0.15, 0.2) is 0 Å². The molecule has 0 saturated heterocycles. The summed E-state index contributed by atoms with van der Waals surface area (Å²) in [5.41, 5.74) is 0. The van der Waals surface area contributed by atoms with Gasteiger partial charge in [-0.25, -0.2) is 0 Å². The molecule has 0 aliphatic carbocycles. The first-order chi connectivity index (χ1) is 10.6. The normalized spacial score (nSPS) is 14.5. The van der Waals surface area contributed by atoms with Crippen molar-refractivity contribution in [1.29, 1.82) is 0 Å². The first-order valence-corrected chi connectivity index (χ1v) is 9.85. The number of aliphatic hydroxyl groups is 2. The fraction of sp³-hybridized carbons (Fsp3) is 1.00. The molecular weight excluding hydrogens is 272 g/mol. The van der Waals surface area contributed by atoms with Gasteiger partial charge in [0.05, 0.1) is 6.10 Å². The first kappa shape index (κ1) is 21.9. The molecule has 0 rings (SSSR count). The third-order valence-corrected chi connectivity index (χ3v) is 4.61. The zero-order valence-corrected chi connectivity index (χ0v) is 15.5. The fourth-order valence-corrected chi connectivity index (χ4v) is 2.92. The summed E-state index contributed by atoms with van der Waals surface area (Å²) in [6.07, 6.45) is 15.8. The molecule has 2 nitrogen and oxygen atoms in total. The molecule has 2 N–H and O–H groups in total. The molecule has 0 amide bonds. The zero-order valence-electron chi connectivity index (χ0n) is 15.5. The molecule has 2 heteroatoms. The Bertz CT molecular complexity index is 216. The van der Waals surface area contributed by atoms with Crippen LogP contribution < -0.4 is 0 Å². The molecule has 0 radical (unpaired) electrons. The third-order valence-electron chi connectivity index (χ3n) is 4.61. The Balaban J connectivity index is 3.21. The van der Waals surface area contributed by atoms with Crippen molar-refractivity contribution >= 4 is 0 Å². The summed E-state index contributed by atoms with van der Waals surface area (Å²) in [5, 5.41) is 18.9. The number of aliphatic hydroxyl groups excluding tert-OH is 2. The third kappa shape index (κ3) is 16.3. The van der Waals surface area contributed by atoms with Crippen LogP contribution in [0.4, 0.5) is 0 Å². The standard InChI is InChI=1S/C20H42O2/c1-18(2)13-9-5-4-6-11-15-20(22)16-12-8-7-10-14-19(3)17-21/h18-22H,4-17H2,1-3H3. The lowest BCUT2D eigenvalue weighted by Gasteiger charge is -2.11. The lowest BCUT2D eigenvalue weighted by Crippen LogP contribution is -2.06. The molecule has 0 fully saturated rings. The van der Waals surface area contributed by atoms with Gasteiger partial charge >= 0.3 is 0 Å². The van der Waals surface area contributed by atoms with E-state index in [4.69, 9.17) is 5.11 Å². The van der Waals surface area contributed by atoms with E-state index in [2.05, 4.69) is 20.8 Å². The maximum absolute atomic E-state index is 9.97. The maximum atomic E-state index is 9.97. The van der Waals surface area contributed by atoms with Crippen LogP contribution >= 0.6 is 0 Å². The van der Waals surface area contributed by atoms with Crippen LogP contribution in [0.25, 0.3) is 0 Å². The molecule has 0 spiro atoms. The van der Waals surface area contributed by atoms with E-state index in [-0.39, 0.29) is 6.10 Å². The first-order valence-electron chi connectivity index (χ1n) is 9.85. The van der Waals surface area contributed by atoms with Crippen molar-refractivity contribution < 1.29 is 10.2 Å². The summed E-state index contributed by atoms with van der Waals surface area (Å²) in [4.78, 5) is 0.